The van der Waals surface area contributed by atoms with Crippen LogP contribution in [0.15, 0.2) is 12.2 Å². The molecule has 0 amide bonds. The molecule has 0 unspecified atom stereocenters. The number of hydrogen-bond acceptors (Lipinski definition) is 2. The molecule has 2 nitrogen and oxygen atoms in total. The molecule has 0 aromatic heterocycles. The first-order valence-corrected chi connectivity index (χ1v) is 7.46. The molecule has 0 saturated carbocycles. The summed E-state index contributed by atoms with van der Waals surface area (Å²) in [6.45, 7) is 7.77. The topological polar surface area (TPSA) is 6.48 Å². The van der Waals surface area contributed by atoms with Gasteiger partial charge in [0, 0.05) is 31.7 Å². The number of hydrogen-bond donors (Lipinski definition) is 0. The second-order valence-electron chi connectivity index (χ2n) is 6.24. The summed E-state index contributed by atoms with van der Waals surface area (Å²) >= 11 is 0. The highest BCUT2D eigenvalue weighted by atomic mass is 15.3. The van der Waals surface area contributed by atoms with Gasteiger partial charge in [-0.2, -0.15) is 0 Å². The number of allylic oxidation sites excluding steroid dienone is 2. The molecular weight excluding hydrogens is 208 g/mol. The van der Waals surface area contributed by atoms with E-state index in [1.54, 1.807) is 0 Å². The summed E-state index contributed by atoms with van der Waals surface area (Å²) in [5, 5.41) is 0. The third-order valence-corrected chi connectivity index (χ3v) is 4.94. The van der Waals surface area contributed by atoms with Gasteiger partial charge < -0.3 is 0 Å². The number of piperazine rings is 1. The lowest BCUT2D eigenvalue weighted by atomic mass is 9.93. The molecule has 2 heteroatoms. The maximum absolute atomic E-state index is 2.77. The number of fused-ring (bicyclic) bond motifs is 1. The largest absolute Gasteiger partial charge is 0.298 e. The second-order valence-corrected chi connectivity index (χ2v) is 6.24. The molecule has 3 aliphatic rings. The van der Waals surface area contributed by atoms with Gasteiger partial charge in [-0.3, -0.25) is 9.80 Å². The molecule has 0 aromatic rings. The summed E-state index contributed by atoms with van der Waals surface area (Å²) in [4.78, 5) is 5.50. The quantitative estimate of drug-likeness (QED) is 0.677. The normalized spacial score (nSPS) is 39.5. The summed E-state index contributed by atoms with van der Waals surface area (Å²) in [5.41, 5.74) is 0. The summed E-state index contributed by atoms with van der Waals surface area (Å²) < 4.78 is 0. The molecule has 0 radical (unpaired) electrons. The Kier molecular flexibility index (Phi) is 3.53. The van der Waals surface area contributed by atoms with Crippen LogP contribution in [0.2, 0.25) is 0 Å². The van der Waals surface area contributed by atoms with Crippen molar-refractivity contribution in [2.24, 2.45) is 5.92 Å². The molecule has 17 heavy (non-hydrogen) atoms. The minimum atomic E-state index is 0.773. The van der Waals surface area contributed by atoms with Crippen molar-refractivity contribution in [3.63, 3.8) is 0 Å². The third-order valence-electron chi connectivity index (χ3n) is 4.94. The van der Waals surface area contributed by atoms with Gasteiger partial charge in [-0.25, -0.2) is 0 Å². The van der Waals surface area contributed by atoms with E-state index in [0.717, 1.165) is 18.0 Å². The third kappa shape index (κ3) is 2.58. The van der Waals surface area contributed by atoms with Crippen LogP contribution in [-0.2, 0) is 0 Å². The molecule has 0 spiro atoms. The van der Waals surface area contributed by atoms with Crippen LogP contribution >= 0.6 is 0 Å². The predicted molar refractivity (Wildman–Crippen MR) is 72.1 cm³/mol. The van der Waals surface area contributed by atoms with Crippen LogP contribution in [0.1, 0.15) is 39.0 Å². The number of rotatable bonds is 2. The Bertz CT molecular complexity index is 287. The van der Waals surface area contributed by atoms with E-state index in [2.05, 4.69) is 28.9 Å². The van der Waals surface area contributed by atoms with Crippen LogP contribution in [0.4, 0.5) is 0 Å². The SMILES string of the molecule is C[C@@H]1CN2CCC[C@H]2CN1C[C@@H]1CC=CCC1. The van der Waals surface area contributed by atoms with Gasteiger partial charge >= 0.3 is 0 Å². The molecule has 1 aliphatic carbocycles. The molecule has 0 bridgehead atoms. The zero-order valence-corrected chi connectivity index (χ0v) is 11.1. The molecule has 2 heterocycles. The Balaban J connectivity index is 1.57. The Morgan fingerprint density at radius 3 is 2.94 bits per heavy atom. The van der Waals surface area contributed by atoms with Crippen molar-refractivity contribution in [3.05, 3.63) is 12.2 Å². The zero-order valence-electron chi connectivity index (χ0n) is 11.1. The van der Waals surface area contributed by atoms with Crippen molar-refractivity contribution >= 4 is 0 Å². The van der Waals surface area contributed by atoms with Crippen molar-refractivity contribution in [1.29, 1.82) is 0 Å². The smallest absolute Gasteiger partial charge is 0.0224 e. The summed E-state index contributed by atoms with van der Waals surface area (Å²) in [7, 11) is 0. The fraction of sp³-hybridized carbons (Fsp3) is 0.867. The molecular formula is C15H26N2. The molecule has 0 aromatic carbocycles. The lowest BCUT2D eigenvalue weighted by Gasteiger charge is -2.43. The van der Waals surface area contributed by atoms with Crippen molar-refractivity contribution in [1.82, 2.24) is 9.80 Å². The van der Waals surface area contributed by atoms with Gasteiger partial charge in [0.25, 0.3) is 0 Å². The van der Waals surface area contributed by atoms with E-state index in [9.17, 15) is 0 Å². The van der Waals surface area contributed by atoms with Crippen molar-refractivity contribution in [2.75, 3.05) is 26.2 Å². The molecule has 96 valence electrons. The van der Waals surface area contributed by atoms with Crippen LogP contribution in [0, 0.1) is 5.92 Å². The van der Waals surface area contributed by atoms with Gasteiger partial charge in [0.15, 0.2) is 0 Å². The Labute approximate surface area is 106 Å². The second kappa shape index (κ2) is 5.11. The van der Waals surface area contributed by atoms with Crippen molar-refractivity contribution in [2.45, 2.75) is 51.1 Å². The average molecular weight is 234 g/mol. The summed E-state index contributed by atoms with van der Waals surface area (Å²) in [6.07, 6.45) is 11.7. The van der Waals surface area contributed by atoms with Gasteiger partial charge in [-0.15, -0.1) is 0 Å². The van der Waals surface area contributed by atoms with Gasteiger partial charge in [-0.1, -0.05) is 12.2 Å². The van der Waals surface area contributed by atoms with Crippen LogP contribution in [0.3, 0.4) is 0 Å². The first-order valence-electron chi connectivity index (χ1n) is 7.46. The van der Waals surface area contributed by atoms with Crippen LogP contribution < -0.4 is 0 Å². The van der Waals surface area contributed by atoms with E-state index in [-0.39, 0.29) is 0 Å². The molecule has 2 aliphatic heterocycles. The summed E-state index contributed by atoms with van der Waals surface area (Å²) in [6, 6.07) is 1.65. The fourth-order valence-electron chi connectivity index (χ4n) is 3.86. The van der Waals surface area contributed by atoms with Gasteiger partial charge in [-0.05, 0) is 51.5 Å². The van der Waals surface area contributed by atoms with Gasteiger partial charge in [0.05, 0.1) is 0 Å². The molecule has 0 N–H and O–H groups in total. The first-order chi connectivity index (χ1) is 8.33. The lowest BCUT2D eigenvalue weighted by Crippen LogP contribution is -2.55. The van der Waals surface area contributed by atoms with E-state index in [4.69, 9.17) is 0 Å². The maximum Gasteiger partial charge on any atom is 0.0224 e. The number of nitrogens with zero attached hydrogens (tertiary/aromatic N) is 2. The van der Waals surface area contributed by atoms with Gasteiger partial charge in [0.2, 0.25) is 0 Å². The van der Waals surface area contributed by atoms with Crippen LogP contribution in [0.25, 0.3) is 0 Å². The Morgan fingerprint density at radius 2 is 2.12 bits per heavy atom. The highest BCUT2D eigenvalue weighted by molar-refractivity contribution is 4.94. The van der Waals surface area contributed by atoms with Crippen molar-refractivity contribution in [3.8, 4) is 0 Å². The van der Waals surface area contributed by atoms with E-state index >= 15 is 0 Å². The molecule has 3 rings (SSSR count). The highest BCUT2D eigenvalue weighted by Crippen LogP contribution is 2.27. The predicted octanol–water partition coefficient (Wildman–Crippen LogP) is 2.51. The monoisotopic (exact) mass is 234 g/mol. The van der Waals surface area contributed by atoms with E-state index in [0.29, 0.717) is 0 Å². The maximum atomic E-state index is 2.77. The Morgan fingerprint density at radius 1 is 1.18 bits per heavy atom. The van der Waals surface area contributed by atoms with E-state index in [1.807, 2.05) is 0 Å². The zero-order chi connectivity index (χ0) is 11.7. The van der Waals surface area contributed by atoms with Crippen LogP contribution in [-0.4, -0.2) is 48.1 Å². The molecule has 2 fully saturated rings. The standard InChI is InChI=1S/C15H26N2/c1-13-10-16-9-5-8-15(16)12-17(13)11-14-6-3-2-4-7-14/h2-3,13-15H,4-12H2,1H3/t13-,14-,15+/m1/s1. The lowest BCUT2D eigenvalue weighted by molar-refractivity contribution is 0.0470. The Hall–Kier alpha value is -0.340. The van der Waals surface area contributed by atoms with E-state index in [1.165, 1.54) is 58.3 Å². The molecule has 3 atom stereocenters. The fourth-order valence-corrected chi connectivity index (χ4v) is 3.86. The summed E-state index contributed by atoms with van der Waals surface area (Å²) in [5.74, 6) is 0.926. The van der Waals surface area contributed by atoms with Crippen LogP contribution in [0.5, 0.6) is 0 Å². The van der Waals surface area contributed by atoms with E-state index < -0.39 is 0 Å². The highest BCUT2D eigenvalue weighted by Gasteiger charge is 2.34. The molecule has 2 saturated heterocycles. The first kappa shape index (κ1) is 11.7. The minimum Gasteiger partial charge on any atom is -0.298 e. The minimum absolute atomic E-state index is 0.773. The average Bonchev–Trinajstić information content (AvgIpc) is 2.78. The van der Waals surface area contributed by atoms with Crippen molar-refractivity contribution < 1.29 is 0 Å². The van der Waals surface area contributed by atoms with Gasteiger partial charge in [0.1, 0.15) is 0 Å².